The first-order chi connectivity index (χ1) is 12.8. The van der Waals surface area contributed by atoms with Crippen LogP contribution in [0.15, 0.2) is 65.7 Å². The summed E-state index contributed by atoms with van der Waals surface area (Å²) in [5.41, 5.74) is 1.12. The van der Waals surface area contributed by atoms with Crippen LogP contribution in [-0.4, -0.2) is 44.4 Å². The van der Waals surface area contributed by atoms with Gasteiger partial charge >= 0.3 is 0 Å². The van der Waals surface area contributed by atoms with E-state index in [2.05, 4.69) is 15.6 Å². The number of para-hydroxylation sites is 1. The molecule has 0 saturated carbocycles. The minimum absolute atomic E-state index is 0.0500. The number of ether oxygens (including phenoxy) is 1. The fraction of sp³-hybridized carbons (Fsp3) is 0.381. The molecule has 0 spiro atoms. The summed E-state index contributed by atoms with van der Waals surface area (Å²) in [5.74, 6) is 1.71. The monoisotopic (exact) mass is 355 g/mol. The van der Waals surface area contributed by atoms with Crippen molar-refractivity contribution in [2.75, 3.05) is 33.4 Å². The number of guanidine groups is 1. The first-order valence-electron chi connectivity index (χ1n) is 9.11. The number of aliphatic hydroxyl groups is 1. The molecule has 2 rings (SSSR count). The number of hydrogen-bond donors (Lipinski definition) is 3. The summed E-state index contributed by atoms with van der Waals surface area (Å²) in [6.45, 7) is 2.27. The highest BCUT2D eigenvalue weighted by atomic mass is 16.5. The average Bonchev–Trinajstić information content (AvgIpc) is 2.71. The Morgan fingerprint density at radius 2 is 1.69 bits per heavy atom. The number of aliphatic hydroxyl groups excluding tert-OH is 1. The number of rotatable bonds is 10. The van der Waals surface area contributed by atoms with Crippen molar-refractivity contribution in [1.82, 2.24) is 10.6 Å². The average molecular weight is 355 g/mol. The highest BCUT2D eigenvalue weighted by Gasteiger charge is 2.10. The quantitative estimate of drug-likeness (QED) is 0.348. The van der Waals surface area contributed by atoms with E-state index in [9.17, 15) is 5.11 Å². The molecule has 26 heavy (non-hydrogen) atoms. The predicted octanol–water partition coefficient (Wildman–Crippen LogP) is 2.79. The van der Waals surface area contributed by atoms with Crippen molar-refractivity contribution in [2.24, 2.45) is 4.99 Å². The van der Waals surface area contributed by atoms with E-state index in [0.29, 0.717) is 13.2 Å². The van der Waals surface area contributed by atoms with E-state index < -0.39 is 0 Å². The number of unbranched alkanes of at least 4 members (excludes halogenated alkanes) is 1. The van der Waals surface area contributed by atoms with Crippen molar-refractivity contribution in [2.45, 2.75) is 18.8 Å². The molecule has 140 valence electrons. The lowest BCUT2D eigenvalue weighted by atomic mass is 10.0. The van der Waals surface area contributed by atoms with E-state index in [0.717, 1.165) is 36.7 Å². The van der Waals surface area contributed by atoms with Crippen LogP contribution in [0.3, 0.4) is 0 Å². The zero-order valence-corrected chi connectivity index (χ0v) is 15.4. The number of nitrogens with one attached hydrogen (secondary N) is 2. The van der Waals surface area contributed by atoms with Gasteiger partial charge in [-0.1, -0.05) is 48.5 Å². The van der Waals surface area contributed by atoms with Crippen molar-refractivity contribution in [3.05, 3.63) is 66.2 Å². The predicted molar refractivity (Wildman–Crippen MR) is 107 cm³/mol. The molecule has 2 aromatic rings. The summed E-state index contributed by atoms with van der Waals surface area (Å²) in [7, 11) is 1.75. The molecule has 0 fully saturated rings. The van der Waals surface area contributed by atoms with Gasteiger partial charge in [0.1, 0.15) is 5.75 Å². The number of aliphatic imine (C=N–C) groups is 1. The van der Waals surface area contributed by atoms with Gasteiger partial charge in [-0.3, -0.25) is 4.99 Å². The van der Waals surface area contributed by atoms with Crippen LogP contribution in [0.1, 0.15) is 24.3 Å². The van der Waals surface area contributed by atoms with Crippen LogP contribution in [0.5, 0.6) is 5.75 Å². The topological polar surface area (TPSA) is 65.9 Å². The Morgan fingerprint density at radius 1 is 1.00 bits per heavy atom. The van der Waals surface area contributed by atoms with Gasteiger partial charge in [0.05, 0.1) is 13.2 Å². The van der Waals surface area contributed by atoms with Crippen LogP contribution in [-0.2, 0) is 0 Å². The summed E-state index contributed by atoms with van der Waals surface area (Å²) in [6, 6.07) is 19.9. The Labute approximate surface area is 156 Å². The van der Waals surface area contributed by atoms with E-state index in [1.807, 2.05) is 60.7 Å². The van der Waals surface area contributed by atoms with Crippen molar-refractivity contribution in [3.8, 4) is 5.75 Å². The van der Waals surface area contributed by atoms with Gasteiger partial charge in [-0.25, -0.2) is 0 Å². The molecule has 1 atom stereocenters. The van der Waals surface area contributed by atoms with E-state index >= 15 is 0 Å². The molecule has 0 aliphatic carbocycles. The number of nitrogens with zero attached hydrogens (tertiary/aromatic N) is 1. The molecule has 5 heteroatoms. The second kappa shape index (κ2) is 11.9. The fourth-order valence-electron chi connectivity index (χ4n) is 2.59. The van der Waals surface area contributed by atoms with Crippen molar-refractivity contribution in [1.29, 1.82) is 0 Å². The van der Waals surface area contributed by atoms with Crippen LogP contribution in [0.25, 0.3) is 0 Å². The highest BCUT2D eigenvalue weighted by Crippen LogP contribution is 2.13. The third kappa shape index (κ3) is 7.15. The van der Waals surface area contributed by atoms with Crippen LogP contribution < -0.4 is 15.4 Å². The third-order valence-electron chi connectivity index (χ3n) is 4.11. The first kappa shape index (κ1) is 19.8. The summed E-state index contributed by atoms with van der Waals surface area (Å²) in [5, 5.41) is 16.2. The van der Waals surface area contributed by atoms with Crippen LogP contribution >= 0.6 is 0 Å². The van der Waals surface area contributed by atoms with Gasteiger partial charge in [0, 0.05) is 26.1 Å². The second-order valence-electron chi connectivity index (χ2n) is 6.04. The minimum Gasteiger partial charge on any atom is -0.494 e. The Bertz CT molecular complexity index is 632. The van der Waals surface area contributed by atoms with Crippen molar-refractivity contribution < 1.29 is 9.84 Å². The summed E-state index contributed by atoms with van der Waals surface area (Å²) >= 11 is 0. The van der Waals surface area contributed by atoms with Gasteiger partial charge in [0.2, 0.25) is 0 Å². The molecule has 3 N–H and O–H groups in total. The zero-order valence-electron chi connectivity index (χ0n) is 15.4. The number of hydrogen-bond acceptors (Lipinski definition) is 3. The maximum absolute atomic E-state index is 9.62. The van der Waals surface area contributed by atoms with E-state index in [4.69, 9.17) is 4.74 Å². The maximum atomic E-state index is 9.62. The van der Waals surface area contributed by atoms with Gasteiger partial charge in [-0.05, 0) is 30.5 Å². The van der Waals surface area contributed by atoms with Gasteiger partial charge in [-0.15, -0.1) is 0 Å². The minimum atomic E-state index is 0.0500. The van der Waals surface area contributed by atoms with E-state index in [-0.39, 0.29) is 12.5 Å². The molecule has 0 aliphatic heterocycles. The van der Waals surface area contributed by atoms with Gasteiger partial charge in [-0.2, -0.15) is 0 Å². The standard InChI is InChI=1S/C21H29N3O2/c1-22-21(24-16-19(17-25)18-10-4-2-5-11-18)23-14-8-9-15-26-20-12-6-3-7-13-20/h2-7,10-13,19,25H,8-9,14-17H2,1H3,(H2,22,23,24). The van der Waals surface area contributed by atoms with Gasteiger partial charge in [0.15, 0.2) is 5.96 Å². The molecule has 0 amide bonds. The lowest BCUT2D eigenvalue weighted by molar-refractivity contribution is 0.265. The molecular formula is C21H29N3O2. The molecule has 2 aromatic carbocycles. The van der Waals surface area contributed by atoms with Crippen molar-refractivity contribution >= 4 is 5.96 Å². The second-order valence-corrected chi connectivity index (χ2v) is 6.04. The smallest absolute Gasteiger partial charge is 0.190 e. The van der Waals surface area contributed by atoms with Crippen LogP contribution in [0.4, 0.5) is 0 Å². The van der Waals surface area contributed by atoms with Gasteiger partial charge in [0.25, 0.3) is 0 Å². The summed E-state index contributed by atoms with van der Waals surface area (Å²) < 4.78 is 5.68. The fourth-order valence-corrected chi connectivity index (χ4v) is 2.59. The van der Waals surface area contributed by atoms with Crippen molar-refractivity contribution in [3.63, 3.8) is 0 Å². The summed E-state index contributed by atoms with van der Waals surface area (Å²) in [4.78, 5) is 4.23. The first-order valence-corrected chi connectivity index (χ1v) is 9.11. The molecule has 0 heterocycles. The number of benzene rings is 2. The van der Waals surface area contributed by atoms with Crippen LogP contribution in [0.2, 0.25) is 0 Å². The third-order valence-corrected chi connectivity index (χ3v) is 4.11. The highest BCUT2D eigenvalue weighted by molar-refractivity contribution is 5.79. The van der Waals surface area contributed by atoms with E-state index in [1.165, 1.54) is 0 Å². The molecule has 0 radical (unpaired) electrons. The molecular weight excluding hydrogens is 326 g/mol. The summed E-state index contributed by atoms with van der Waals surface area (Å²) in [6.07, 6.45) is 1.97. The Kier molecular flexibility index (Phi) is 9.08. The molecule has 0 bridgehead atoms. The molecule has 0 aliphatic rings. The Hall–Kier alpha value is -2.53. The molecule has 1 unspecified atom stereocenters. The SMILES string of the molecule is CN=C(NCCCCOc1ccccc1)NCC(CO)c1ccccc1. The van der Waals surface area contributed by atoms with Crippen LogP contribution in [0, 0.1) is 0 Å². The lowest BCUT2D eigenvalue weighted by Gasteiger charge is -2.18. The maximum Gasteiger partial charge on any atom is 0.190 e. The largest absolute Gasteiger partial charge is 0.494 e. The Morgan fingerprint density at radius 3 is 2.35 bits per heavy atom. The zero-order chi connectivity index (χ0) is 18.5. The Balaban J connectivity index is 1.61. The van der Waals surface area contributed by atoms with Gasteiger partial charge < -0.3 is 20.5 Å². The van der Waals surface area contributed by atoms with E-state index in [1.54, 1.807) is 7.05 Å². The molecule has 0 saturated heterocycles. The normalized spacial score (nSPS) is 12.5. The molecule has 5 nitrogen and oxygen atoms in total. The lowest BCUT2D eigenvalue weighted by Crippen LogP contribution is -2.40. The molecule has 0 aromatic heterocycles.